The third-order valence-corrected chi connectivity index (χ3v) is 2.08. The third-order valence-electron chi connectivity index (χ3n) is 2.08. The van der Waals surface area contributed by atoms with Crippen LogP contribution in [0.5, 0.6) is 5.75 Å². The van der Waals surface area contributed by atoms with Gasteiger partial charge in [-0.2, -0.15) is 0 Å². The molecule has 0 saturated carbocycles. The molecule has 0 unspecified atom stereocenters. The predicted octanol–water partition coefficient (Wildman–Crippen LogP) is 3.01. The van der Waals surface area contributed by atoms with Gasteiger partial charge in [0.15, 0.2) is 0 Å². The van der Waals surface area contributed by atoms with Gasteiger partial charge in [0.05, 0.1) is 0 Å². The van der Waals surface area contributed by atoms with Crippen LogP contribution >= 0.6 is 0 Å². The van der Waals surface area contributed by atoms with E-state index in [1.165, 1.54) is 0 Å². The first kappa shape index (κ1) is 10.8. The standard InChI is InChI=1S/C12H16O2/c1-4-6-11(13)14-12-9(2)7-5-8-10(12)3/h5,7-8H,4,6H2,1-3H3. The summed E-state index contributed by atoms with van der Waals surface area (Å²) in [6.45, 7) is 5.86. The molecule has 0 heterocycles. The first-order valence-corrected chi connectivity index (χ1v) is 4.92. The van der Waals surface area contributed by atoms with Gasteiger partial charge >= 0.3 is 5.97 Å². The van der Waals surface area contributed by atoms with Crippen molar-refractivity contribution < 1.29 is 9.53 Å². The van der Waals surface area contributed by atoms with Crippen LogP contribution in [-0.4, -0.2) is 5.97 Å². The Morgan fingerprint density at radius 2 is 1.86 bits per heavy atom. The van der Waals surface area contributed by atoms with Crippen LogP contribution in [0.15, 0.2) is 18.2 Å². The lowest BCUT2D eigenvalue weighted by atomic mass is 10.1. The average molecular weight is 192 g/mol. The molecule has 0 atom stereocenters. The number of carbonyl (C=O) groups is 1. The fraction of sp³-hybridized carbons (Fsp3) is 0.417. The summed E-state index contributed by atoms with van der Waals surface area (Å²) in [5.41, 5.74) is 2.02. The van der Waals surface area contributed by atoms with Crippen molar-refractivity contribution in [2.45, 2.75) is 33.6 Å². The van der Waals surface area contributed by atoms with Crippen LogP contribution in [0.4, 0.5) is 0 Å². The minimum atomic E-state index is -0.148. The summed E-state index contributed by atoms with van der Waals surface area (Å²) >= 11 is 0. The second kappa shape index (κ2) is 4.80. The maximum Gasteiger partial charge on any atom is 0.311 e. The van der Waals surface area contributed by atoms with Gasteiger partial charge in [0, 0.05) is 6.42 Å². The molecule has 0 fully saturated rings. The van der Waals surface area contributed by atoms with E-state index in [0.29, 0.717) is 12.2 Å². The lowest BCUT2D eigenvalue weighted by molar-refractivity contribution is -0.134. The van der Waals surface area contributed by atoms with Crippen molar-refractivity contribution >= 4 is 5.97 Å². The molecule has 2 heteroatoms. The molecule has 1 rings (SSSR count). The fourth-order valence-electron chi connectivity index (χ4n) is 1.33. The second-order valence-corrected chi connectivity index (χ2v) is 3.45. The Morgan fingerprint density at radius 1 is 1.29 bits per heavy atom. The zero-order valence-electron chi connectivity index (χ0n) is 8.96. The molecule has 0 aliphatic rings. The van der Waals surface area contributed by atoms with E-state index in [4.69, 9.17) is 4.74 Å². The van der Waals surface area contributed by atoms with Gasteiger partial charge in [-0.15, -0.1) is 0 Å². The Hall–Kier alpha value is -1.31. The number of hydrogen-bond acceptors (Lipinski definition) is 2. The summed E-state index contributed by atoms with van der Waals surface area (Å²) in [6, 6.07) is 5.85. The highest BCUT2D eigenvalue weighted by Gasteiger charge is 2.07. The van der Waals surface area contributed by atoms with Crippen LogP contribution in [-0.2, 0) is 4.79 Å². The van der Waals surface area contributed by atoms with E-state index < -0.39 is 0 Å². The third kappa shape index (κ3) is 2.59. The Bertz CT molecular complexity index is 309. The molecule has 76 valence electrons. The van der Waals surface area contributed by atoms with Crippen LogP contribution < -0.4 is 4.74 Å². The van der Waals surface area contributed by atoms with Crippen molar-refractivity contribution in [3.8, 4) is 5.75 Å². The monoisotopic (exact) mass is 192 g/mol. The molecule has 0 aliphatic carbocycles. The number of rotatable bonds is 3. The molecule has 0 radical (unpaired) electrons. The molecule has 0 amide bonds. The van der Waals surface area contributed by atoms with Gasteiger partial charge in [-0.25, -0.2) is 0 Å². The summed E-state index contributed by atoms with van der Waals surface area (Å²) in [7, 11) is 0. The Morgan fingerprint density at radius 3 is 2.36 bits per heavy atom. The van der Waals surface area contributed by atoms with E-state index in [1.807, 2.05) is 39.0 Å². The molecule has 0 aromatic heterocycles. The van der Waals surface area contributed by atoms with Gasteiger partial charge in [0.1, 0.15) is 5.75 Å². The van der Waals surface area contributed by atoms with Crippen molar-refractivity contribution in [3.63, 3.8) is 0 Å². The van der Waals surface area contributed by atoms with E-state index in [-0.39, 0.29) is 5.97 Å². The zero-order chi connectivity index (χ0) is 10.6. The smallest absolute Gasteiger partial charge is 0.311 e. The predicted molar refractivity (Wildman–Crippen MR) is 56.5 cm³/mol. The van der Waals surface area contributed by atoms with Gasteiger partial charge < -0.3 is 4.74 Å². The number of ether oxygens (including phenoxy) is 1. The van der Waals surface area contributed by atoms with Crippen molar-refractivity contribution in [2.75, 3.05) is 0 Å². The SMILES string of the molecule is CCCC(=O)Oc1c(C)cccc1C. The molecule has 1 aromatic carbocycles. The normalized spacial score (nSPS) is 9.93. The molecule has 1 aromatic rings. The van der Waals surface area contributed by atoms with Crippen LogP contribution in [0.3, 0.4) is 0 Å². The van der Waals surface area contributed by atoms with E-state index in [0.717, 1.165) is 17.5 Å². The zero-order valence-corrected chi connectivity index (χ0v) is 8.96. The van der Waals surface area contributed by atoms with Gasteiger partial charge in [-0.1, -0.05) is 25.1 Å². The van der Waals surface area contributed by atoms with E-state index in [1.54, 1.807) is 0 Å². The Kier molecular flexibility index (Phi) is 3.69. The summed E-state index contributed by atoms with van der Waals surface area (Å²) < 4.78 is 5.28. The summed E-state index contributed by atoms with van der Waals surface area (Å²) in [5, 5.41) is 0. The minimum Gasteiger partial charge on any atom is -0.426 e. The highest BCUT2D eigenvalue weighted by atomic mass is 16.5. The van der Waals surface area contributed by atoms with Crippen molar-refractivity contribution in [3.05, 3.63) is 29.3 Å². The van der Waals surface area contributed by atoms with E-state index >= 15 is 0 Å². The largest absolute Gasteiger partial charge is 0.426 e. The molecule has 0 saturated heterocycles. The maximum absolute atomic E-state index is 11.3. The summed E-state index contributed by atoms with van der Waals surface area (Å²) in [6.07, 6.45) is 1.30. The van der Waals surface area contributed by atoms with Crippen molar-refractivity contribution in [2.24, 2.45) is 0 Å². The average Bonchev–Trinajstić information content (AvgIpc) is 2.12. The quantitative estimate of drug-likeness (QED) is 0.543. The van der Waals surface area contributed by atoms with Gasteiger partial charge in [0.25, 0.3) is 0 Å². The highest BCUT2D eigenvalue weighted by Crippen LogP contribution is 2.22. The highest BCUT2D eigenvalue weighted by molar-refractivity contribution is 5.73. The van der Waals surface area contributed by atoms with Crippen molar-refractivity contribution in [1.82, 2.24) is 0 Å². The Labute approximate surface area is 84.9 Å². The first-order chi connectivity index (χ1) is 6.65. The molecule has 2 nitrogen and oxygen atoms in total. The lowest BCUT2D eigenvalue weighted by Gasteiger charge is -2.09. The fourth-order valence-corrected chi connectivity index (χ4v) is 1.33. The van der Waals surface area contributed by atoms with Gasteiger partial charge in [0.2, 0.25) is 0 Å². The second-order valence-electron chi connectivity index (χ2n) is 3.45. The molecular formula is C12H16O2. The van der Waals surface area contributed by atoms with Crippen LogP contribution in [0.25, 0.3) is 0 Å². The van der Waals surface area contributed by atoms with Crippen LogP contribution in [0.1, 0.15) is 30.9 Å². The van der Waals surface area contributed by atoms with E-state index in [2.05, 4.69) is 0 Å². The molecule has 0 aliphatic heterocycles. The number of para-hydroxylation sites is 1. The number of esters is 1. The minimum absolute atomic E-state index is 0.148. The number of benzene rings is 1. The number of hydrogen-bond donors (Lipinski definition) is 0. The molecule has 0 N–H and O–H groups in total. The lowest BCUT2D eigenvalue weighted by Crippen LogP contribution is -2.08. The van der Waals surface area contributed by atoms with Gasteiger partial charge in [-0.05, 0) is 31.4 Å². The number of aryl methyl sites for hydroxylation is 2. The maximum atomic E-state index is 11.3. The summed E-state index contributed by atoms with van der Waals surface area (Å²) in [4.78, 5) is 11.3. The molecule has 14 heavy (non-hydrogen) atoms. The van der Waals surface area contributed by atoms with Crippen molar-refractivity contribution in [1.29, 1.82) is 0 Å². The van der Waals surface area contributed by atoms with Crippen LogP contribution in [0.2, 0.25) is 0 Å². The van der Waals surface area contributed by atoms with E-state index in [9.17, 15) is 4.79 Å². The topological polar surface area (TPSA) is 26.3 Å². The Balaban J connectivity index is 2.80. The molecular weight excluding hydrogens is 176 g/mol. The number of carbonyl (C=O) groups excluding carboxylic acids is 1. The molecule has 0 bridgehead atoms. The summed E-state index contributed by atoms with van der Waals surface area (Å²) in [5.74, 6) is 0.566. The van der Waals surface area contributed by atoms with Gasteiger partial charge in [-0.3, -0.25) is 4.79 Å². The van der Waals surface area contributed by atoms with Crippen LogP contribution in [0, 0.1) is 13.8 Å². The molecule has 0 spiro atoms. The first-order valence-electron chi connectivity index (χ1n) is 4.92.